The summed E-state index contributed by atoms with van der Waals surface area (Å²) < 4.78 is 26.5. The second-order valence-corrected chi connectivity index (χ2v) is 7.35. The molecule has 0 fully saturated rings. The number of nitrogens with one attached hydrogen (secondary N) is 1. The minimum atomic E-state index is -3.90. The summed E-state index contributed by atoms with van der Waals surface area (Å²) in [6, 6.07) is 15.9. The van der Waals surface area contributed by atoms with Crippen LogP contribution in [0.25, 0.3) is 22.2 Å². The number of aryl methyl sites for hydroxylation is 1. The Hall–Kier alpha value is -2.48. The number of halogens is 1. The number of fused-ring (bicyclic) bond motifs is 1. The summed E-state index contributed by atoms with van der Waals surface area (Å²) in [6.45, 7) is 1.31. The number of nitrogens with zero attached hydrogens (tertiary/aromatic N) is 1. The standard InChI is InChI=1S/C18H16N2O4S.ClH/c1-12-9-17(20-16-8-3-2-7-15(12)16)13-5-4-6-14(10-13)25(23,24)19-11-18(21)22;/h2-10,19H,11H2,1H3,(H,21,22);1H. The first-order valence-corrected chi connectivity index (χ1v) is 9.03. The Morgan fingerprint density at radius 1 is 1.12 bits per heavy atom. The topological polar surface area (TPSA) is 96.4 Å². The third-order valence-electron chi connectivity index (χ3n) is 3.78. The Bertz CT molecular complexity index is 1070. The number of hydrogen-bond donors (Lipinski definition) is 2. The molecule has 0 saturated carbocycles. The number of rotatable bonds is 5. The predicted octanol–water partition coefficient (Wildman–Crippen LogP) is 2.99. The molecule has 0 spiro atoms. The van der Waals surface area contributed by atoms with Crippen LogP contribution in [0.3, 0.4) is 0 Å². The van der Waals surface area contributed by atoms with Gasteiger partial charge in [-0.05, 0) is 36.8 Å². The first-order chi connectivity index (χ1) is 11.9. The molecule has 26 heavy (non-hydrogen) atoms. The number of carboxylic acid groups (broad SMARTS) is 1. The van der Waals surface area contributed by atoms with Crippen molar-refractivity contribution in [2.45, 2.75) is 11.8 Å². The van der Waals surface area contributed by atoms with Crippen molar-refractivity contribution >= 4 is 39.3 Å². The fourth-order valence-corrected chi connectivity index (χ4v) is 3.58. The van der Waals surface area contributed by atoms with Crippen LogP contribution in [0.4, 0.5) is 0 Å². The predicted molar refractivity (Wildman–Crippen MR) is 102 cm³/mol. The number of pyridine rings is 1. The van der Waals surface area contributed by atoms with Crippen molar-refractivity contribution < 1.29 is 18.3 Å². The number of carbonyl (C=O) groups is 1. The fourth-order valence-electron chi connectivity index (χ4n) is 2.56. The van der Waals surface area contributed by atoms with E-state index in [0.717, 1.165) is 16.5 Å². The molecule has 0 amide bonds. The highest BCUT2D eigenvalue weighted by Gasteiger charge is 2.16. The maximum Gasteiger partial charge on any atom is 0.318 e. The van der Waals surface area contributed by atoms with Crippen molar-refractivity contribution in [3.05, 3.63) is 60.2 Å². The highest BCUT2D eigenvalue weighted by atomic mass is 35.5. The molecule has 0 aliphatic heterocycles. The van der Waals surface area contributed by atoms with Crippen molar-refractivity contribution in [2.24, 2.45) is 0 Å². The van der Waals surface area contributed by atoms with Crippen LogP contribution in [0.15, 0.2) is 59.5 Å². The largest absolute Gasteiger partial charge is 0.480 e. The van der Waals surface area contributed by atoms with Gasteiger partial charge in [0.05, 0.1) is 16.1 Å². The van der Waals surface area contributed by atoms with Gasteiger partial charge in [-0.3, -0.25) is 4.79 Å². The van der Waals surface area contributed by atoms with Gasteiger partial charge in [0, 0.05) is 10.9 Å². The SMILES string of the molecule is Cc1cc(-c2cccc(S(=O)(=O)NCC(=O)O)c2)nc2ccccc12.Cl. The van der Waals surface area contributed by atoms with Gasteiger partial charge in [-0.2, -0.15) is 4.72 Å². The molecule has 2 N–H and O–H groups in total. The van der Waals surface area contributed by atoms with E-state index in [1.165, 1.54) is 12.1 Å². The van der Waals surface area contributed by atoms with Crippen molar-refractivity contribution in [3.63, 3.8) is 0 Å². The summed E-state index contributed by atoms with van der Waals surface area (Å²) in [5.41, 5.74) is 3.17. The molecule has 0 aliphatic rings. The van der Waals surface area contributed by atoms with E-state index >= 15 is 0 Å². The third kappa shape index (κ3) is 4.19. The van der Waals surface area contributed by atoms with Crippen LogP contribution in [0.1, 0.15) is 5.56 Å². The zero-order chi connectivity index (χ0) is 18.0. The van der Waals surface area contributed by atoms with E-state index in [1.54, 1.807) is 12.1 Å². The number of hydrogen-bond acceptors (Lipinski definition) is 4. The summed E-state index contributed by atoms with van der Waals surface area (Å²) in [4.78, 5) is 15.2. The molecule has 3 rings (SSSR count). The van der Waals surface area contributed by atoms with Gasteiger partial charge in [-0.15, -0.1) is 12.4 Å². The summed E-state index contributed by atoms with van der Waals surface area (Å²) in [5, 5.41) is 9.69. The summed E-state index contributed by atoms with van der Waals surface area (Å²) >= 11 is 0. The molecule has 3 aromatic rings. The Labute approximate surface area is 157 Å². The molecule has 0 aliphatic carbocycles. The average molecular weight is 393 g/mol. The highest BCUT2D eigenvalue weighted by molar-refractivity contribution is 7.89. The molecule has 2 aromatic carbocycles. The molecular weight excluding hydrogens is 376 g/mol. The number of aliphatic carboxylic acids is 1. The second kappa shape index (κ2) is 7.82. The molecular formula is C18H17ClN2O4S. The van der Waals surface area contributed by atoms with E-state index in [-0.39, 0.29) is 17.3 Å². The van der Waals surface area contributed by atoms with E-state index in [4.69, 9.17) is 5.11 Å². The van der Waals surface area contributed by atoms with Gasteiger partial charge in [0.15, 0.2) is 0 Å². The van der Waals surface area contributed by atoms with Gasteiger partial charge in [0.1, 0.15) is 6.54 Å². The minimum Gasteiger partial charge on any atom is -0.480 e. The van der Waals surface area contributed by atoms with Gasteiger partial charge >= 0.3 is 5.97 Å². The van der Waals surface area contributed by atoms with E-state index in [2.05, 4.69) is 4.98 Å². The maximum absolute atomic E-state index is 12.2. The lowest BCUT2D eigenvalue weighted by Crippen LogP contribution is -2.29. The summed E-state index contributed by atoms with van der Waals surface area (Å²) in [5.74, 6) is -1.24. The van der Waals surface area contributed by atoms with Gasteiger partial charge in [-0.25, -0.2) is 13.4 Å². The first kappa shape index (κ1) is 19.8. The molecule has 136 valence electrons. The Morgan fingerprint density at radius 2 is 1.85 bits per heavy atom. The molecule has 0 saturated heterocycles. The summed E-state index contributed by atoms with van der Waals surface area (Å²) in [6.07, 6.45) is 0. The lowest BCUT2D eigenvalue weighted by molar-refractivity contribution is -0.135. The van der Waals surface area contributed by atoms with E-state index in [1.807, 2.05) is 42.0 Å². The van der Waals surface area contributed by atoms with Gasteiger partial charge in [0.25, 0.3) is 0 Å². The normalized spacial score (nSPS) is 11.1. The van der Waals surface area contributed by atoms with Crippen molar-refractivity contribution in [1.29, 1.82) is 0 Å². The van der Waals surface area contributed by atoms with E-state index in [9.17, 15) is 13.2 Å². The van der Waals surface area contributed by atoms with Crippen LogP contribution in [-0.4, -0.2) is 31.0 Å². The minimum absolute atomic E-state index is 0. The quantitative estimate of drug-likeness (QED) is 0.695. The van der Waals surface area contributed by atoms with Crippen LogP contribution < -0.4 is 4.72 Å². The van der Waals surface area contributed by atoms with Gasteiger partial charge < -0.3 is 5.11 Å². The lowest BCUT2D eigenvalue weighted by Gasteiger charge is -2.09. The molecule has 1 heterocycles. The summed E-state index contributed by atoms with van der Waals surface area (Å²) in [7, 11) is -3.90. The average Bonchev–Trinajstić information content (AvgIpc) is 2.60. The van der Waals surface area contributed by atoms with E-state index in [0.29, 0.717) is 11.3 Å². The number of aromatic nitrogens is 1. The Morgan fingerprint density at radius 3 is 2.58 bits per heavy atom. The van der Waals surface area contributed by atoms with Crippen LogP contribution in [0.2, 0.25) is 0 Å². The molecule has 0 radical (unpaired) electrons. The highest BCUT2D eigenvalue weighted by Crippen LogP contribution is 2.25. The second-order valence-electron chi connectivity index (χ2n) is 5.59. The van der Waals surface area contributed by atoms with Crippen LogP contribution >= 0.6 is 12.4 Å². The maximum atomic E-state index is 12.2. The van der Waals surface area contributed by atoms with Gasteiger partial charge in [-0.1, -0.05) is 30.3 Å². The zero-order valence-corrected chi connectivity index (χ0v) is 15.5. The monoisotopic (exact) mass is 392 g/mol. The van der Waals surface area contributed by atoms with Crippen molar-refractivity contribution in [1.82, 2.24) is 9.71 Å². The number of para-hydroxylation sites is 1. The van der Waals surface area contributed by atoms with Gasteiger partial charge in [0.2, 0.25) is 10.0 Å². The Balaban J connectivity index is 0.00000243. The van der Waals surface area contributed by atoms with E-state index < -0.39 is 22.5 Å². The smallest absolute Gasteiger partial charge is 0.318 e. The molecule has 1 aromatic heterocycles. The van der Waals surface area contributed by atoms with Crippen LogP contribution in [-0.2, 0) is 14.8 Å². The zero-order valence-electron chi connectivity index (χ0n) is 13.8. The molecule has 0 atom stereocenters. The number of carboxylic acids is 1. The molecule has 0 unspecified atom stereocenters. The molecule has 0 bridgehead atoms. The molecule has 8 heteroatoms. The third-order valence-corrected chi connectivity index (χ3v) is 5.18. The Kier molecular flexibility index (Phi) is 5.97. The first-order valence-electron chi connectivity index (χ1n) is 7.55. The van der Waals surface area contributed by atoms with Crippen molar-refractivity contribution in [3.8, 4) is 11.3 Å². The fraction of sp³-hybridized carbons (Fsp3) is 0.111. The molecule has 6 nitrogen and oxygen atoms in total. The number of sulfonamides is 1. The number of benzene rings is 2. The van der Waals surface area contributed by atoms with Crippen LogP contribution in [0.5, 0.6) is 0 Å². The van der Waals surface area contributed by atoms with Crippen LogP contribution in [0, 0.1) is 6.92 Å². The lowest BCUT2D eigenvalue weighted by atomic mass is 10.1. The van der Waals surface area contributed by atoms with Crippen molar-refractivity contribution in [2.75, 3.05) is 6.54 Å².